The smallest absolute Gasteiger partial charge is 0.329 e. The van der Waals surface area contributed by atoms with Crippen LogP contribution in [0.5, 0.6) is 5.75 Å². The van der Waals surface area contributed by atoms with Gasteiger partial charge in [0.25, 0.3) is 5.91 Å². The first-order chi connectivity index (χ1) is 9.16. The van der Waals surface area contributed by atoms with Gasteiger partial charge < -0.3 is 14.7 Å². The topological polar surface area (TPSA) is 66.8 Å². The van der Waals surface area contributed by atoms with Gasteiger partial charge in [0.2, 0.25) is 0 Å². The molecule has 5 nitrogen and oxygen atoms in total. The van der Waals surface area contributed by atoms with Crippen molar-refractivity contribution in [2.24, 2.45) is 0 Å². The predicted octanol–water partition coefficient (Wildman–Crippen LogP) is 2.43. The summed E-state index contributed by atoms with van der Waals surface area (Å²) in [6.07, 6.45) is -0.792. The van der Waals surface area contributed by atoms with Gasteiger partial charge in [-0.15, -0.1) is 0 Å². The molecule has 0 aliphatic carbocycles. The van der Waals surface area contributed by atoms with E-state index in [4.69, 9.17) is 21.4 Å². The number of carboxylic acids is 1. The number of halogens is 1. The molecular formula is C14H18ClNO4. The lowest BCUT2D eigenvalue weighted by atomic mass is 10.0. The van der Waals surface area contributed by atoms with Crippen LogP contribution in [0.15, 0.2) is 24.3 Å². The maximum absolute atomic E-state index is 12.2. The van der Waals surface area contributed by atoms with E-state index in [2.05, 4.69) is 0 Å². The van der Waals surface area contributed by atoms with Crippen LogP contribution < -0.4 is 4.74 Å². The Morgan fingerprint density at radius 1 is 1.30 bits per heavy atom. The van der Waals surface area contributed by atoms with Crippen molar-refractivity contribution in [1.82, 2.24) is 4.90 Å². The molecule has 1 rings (SSSR count). The highest BCUT2D eigenvalue weighted by Crippen LogP contribution is 2.19. The summed E-state index contributed by atoms with van der Waals surface area (Å²) in [7, 11) is 1.44. The van der Waals surface area contributed by atoms with Gasteiger partial charge in [-0.1, -0.05) is 11.6 Å². The number of rotatable bonds is 5. The maximum Gasteiger partial charge on any atom is 0.329 e. The molecule has 0 saturated heterocycles. The Labute approximate surface area is 123 Å². The minimum atomic E-state index is -1.30. The van der Waals surface area contributed by atoms with Gasteiger partial charge in [0, 0.05) is 12.1 Å². The molecule has 0 aromatic heterocycles. The molecule has 1 atom stereocenters. The van der Waals surface area contributed by atoms with Crippen LogP contribution in [-0.4, -0.2) is 40.6 Å². The van der Waals surface area contributed by atoms with Crippen molar-refractivity contribution in [2.45, 2.75) is 32.4 Å². The molecule has 0 radical (unpaired) electrons. The van der Waals surface area contributed by atoms with Crippen LogP contribution in [0.25, 0.3) is 0 Å². The molecule has 20 heavy (non-hydrogen) atoms. The lowest BCUT2D eigenvalue weighted by molar-refractivity contribution is -0.157. The molecule has 0 fully saturated rings. The first kappa shape index (κ1) is 16.3. The minimum absolute atomic E-state index is 0.410. The van der Waals surface area contributed by atoms with E-state index >= 15 is 0 Å². The molecule has 0 heterocycles. The number of carbonyl (C=O) groups is 2. The quantitative estimate of drug-likeness (QED) is 0.907. The van der Waals surface area contributed by atoms with Crippen molar-refractivity contribution >= 4 is 23.5 Å². The molecule has 110 valence electrons. The average Bonchev–Trinajstić information content (AvgIpc) is 2.39. The lowest BCUT2D eigenvalue weighted by Crippen LogP contribution is -2.54. The van der Waals surface area contributed by atoms with Crippen LogP contribution in [0.2, 0.25) is 5.02 Å². The van der Waals surface area contributed by atoms with Crippen LogP contribution in [0, 0.1) is 0 Å². The first-order valence-electron chi connectivity index (χ1n) is 6.09. The van der Waals surface area contributed by atoms with Gasteiger partial charge >= 0.3 is 5.97 Å². The maximum atomic E-state index is 12.2. The fourth-order valence-electron chi connectivity index (χ4n) is 1.46. The summed E-state index contributed by atoms with van der Waals surface area (Å²) in [4.78, 5) is 24.5. The van der Waals surface area contributed by atoms with Gasteiger partial charge in [0.1, 0.15) is 11.3 Å². The Morgan fingerprint density at radius 2 is 1.80 bits per heavy atom. The van der Waals surface area contributed by atoms with Gasteiger partial charge in [-0.2, -0.15) is 0 Å². The van der Waals surface area contributed by atoms with E-state index in [1.54, 1.807) is 31.2 Å². The molecule has 1 aromatic carbocycles. The van der Waals surface area contributed by atoms with Crippen LogP contribution >= 0.6 is 11.6 Å². The fraction of sp³-hybridized carbons (Fsp3) is 0.429. The van der Waals surface area contributed by atoms with Crippen molar-refractivity contribution in [3.8, 4) is 5.75 Å². The number of nitrogens with zero attached hydrogens (tertiary/aromatic N) is 1. The van der Waals surface area contributed by atoms with Gasteiger partial charge in [-0.25, -0.2) is 4.79 Å². The third-order valence-electron chi connectivity index (χ3n) is 3.17. The van der Waals surface area contributed by atoms with Gasteiger partial charge in [-0.3, -0.25) is 4.79 Å². The predicted molar refractivity (Wildman–Crippen MR) is 76.0 cm³/mol. The van der Waals surface area contributed by atoms with E-state index in [9.17, 15) is 9.59 Å². The number of hydrogen-bond acceptors (Lipinski definition) is 3. The molecule has 1 amide bonds. The summed E-state index contributed by atoms with van der Waals surface area (Å²) in [6, 6.07) is 6.60. The van der Waals surface area contributed by atoms with Crippen LogP contribution in [0.3, 0.4) is 0 Å². The van der Waals surface area contributed by atoms with E-state index in [1.807, 2.05) is 0 Å². The van der Waals surface area contributed by atoms with Crippen molar-refractivity contribution in [3.63, 3.8) is 0 Å². The van der Waals surface area contributed by atoms with Crippen molar-refractivity contribution in [1.29, 1.82) is 0 Å². The van der Waals surface area contributed by atoms with E-state index < -0.39 is 23.5 Å². The molecule has 0 saturated carbocycles. The highest BCUT2D eigenvalue weighted by molar-refractivity contribution is 6.30. The van der Waals surface area contributed by atoms with Gasteiger partial charge in [0.15, 0.2) is 6.10 Å². The number of amides is 1. The SMILES string of the molecule is CC(Oc1ccc(Cl)cc1)C(=O)N(C)C(C)(C)C(=O)O. The van der Waals surface area contributed by atoms with Crippen LogP contribution in [0.1, 0.15) is 20.8 Å². The summed E-state index contributed by atoms with van der Waals surface area (Å²) in [6.45, 7) is 4.50. The average molecular weight is 300 g/mol. The second-order valence-corrected chi connectivity index (χ2v) is 5.41. The van der Waals surface area contributed by atoms with Gasteiger partial charge in [-0.05, 0) is 45.0 Å². The number of aliphatic carboxylic acids is 1. The normalized spacial score (nSPS) is 12.7. The third-order valence-corrected chi connectivity index (χ3v) is 3.42. The van der Waals surface area contributed by atoms with E-state index in [0.29, 0.717) is 10.8 Å². The largest absolute Gasteiger partial charge is 0.481 e. The fourth-order valence-corrected chi connectivity index (χ4v) is 1.59. The summed E-state index contributed by atoms with van der Waals surface area (Å²) < 4.78 is 5.48. The highest BCUT2D eigenvalue weighted by atomic mass is 35.5. The zero-order valence-corrected chi connectivity index (χ0v) is 12.6. The Morgan fingerprint density at radius 3 is 2.25 bits per heavy atom. The lowest BCUT2D eigenvalue weighted by Gasteiger charge is -2.33. The van der Waals surface area contributed by atoms with E-state index in [1.165, 1.54) is 20.9 Å². The molecule has 1 N–H and O–H groups in total. The molecule has 0 bridgehead atoms. The van der Waals surface area contributed by atoms with Crippen LogP contribution in [-0.2, 0) is 9.59 Å². The monoisotopic (exact) mass is 299 g/mol. The molecule has 1 aromatic rings. The molecule has 1 unspecified atom stereocenters. The summed E-state index contributed by atoms with van der Waals surface area (Å²) in [5.74, 6) is -0.990. The number of likely N-dealkylation sites (N-methyl/N-ethyl adjacent to an activating group) is 1. The van der Waals surface area contributed by atoms with E-state index in [0.717, 1.165) is 4.90 Å². The molecule has 0 aliphatic rings. The molecular weight excluding hydrogens is 282 g/mol. The first-order valence-corrected chi connectivity index (χ1v) is 6.47. The highest BCUT2D eigenvalue weighted by Gasteiger charge is 2.37. The summed E-state index contributed by atoms with van der Waals surface area (Å²) in [5.41, 5.74) is -1.30. The Bertz CT molecular complexity index is 498. The number of hydrogen-bond donors (Lipinski definition) is 1. The van der Waals surface area contributed by atoms with Crippen molar-refractivity contribution < 1.29 is 19.4 Å². The zero-order chi connectivity index (χ0) is 15.5. The standard InChI is InChI=1S/C14H18ClNO4/c1-9(20-11-7-5-10(15)6-8-11)12(17)16(4)14(2,3)13(18)19/h5-9H,1-4H3,(H,18,19). The zero-order valence-electron chi connectivity index (χ0n) is 11.9. The van der Waals surface area contributed by atoms with Crippen molar-refractivity contribution in [3.05, 3.63) is 29.3 Å². The molecule has 0 spiro atoms. The second-order valence-electron chi connectivity index (χ2n) is 4.98. The van der Waals surface area contributed by atoms with E-state index in [-0.39, 0.29) is 0 Å². The second kappa shape index (κ2) is 6.13. The minimum Gasteiger partial charge on any atom is -0.481 e. The summed E-state index contributed by atoms with van der Waals surface area (Å²) in [5, 5.41) is 9.68. The molecule has 0 aliphatic heterocycles. The number of carbonyl (C=O) groups excluding carboxylic acids is 1. The molecule has 6 heteroatoms. The van der Waals surface area contributed by atoms with Crippen LogP contribution in [0.4, 0.5) is 0 Å². The van der Waals surface area contributed by atoms with Gasteiger partial charge in [0.05, 0.1) is 0 Å². The summed E-state index contributed by atoms with van der Waals surface area (Å²) >= 11 is 5.76. The van der Waals surface area contributed by atoms with Crippen molar-refractivity contribution in [2.75, 3.05) is 7.05 Å². The number of carboxylic acid groups (broad SMARTS) is 1. The number of ether oxygens (including phenoxy) is 1. The number of benzene rings is 1. The Kier molecular flexibility index (Phi) is 5.00. The Balaban J connectivity index is 2.77. The third kappa shape index (κ3) is 3.63. The Hall–Kier alpha value is -1.75.